The van der Waals surface area contributed by atoms with Crippen molar-refractivity contribution in [2.75, 3.05) is 0 Å². The Balaban J connectivity index is -0.0000000112. The first kappa shape index (κ1) is 43.3. The van der Waals surface area contributed by atoms with E-state index in [1.54, 1.807) is 0 Å². The summed E-state index contributed by atoms with van der Waals surface area (Å²) in [6.45, 7) is 0. The van der Waals surface area contributed by atoms with E-state index >= 15 is 0 Å². The van der Waals surface area contributed by atoms with Gasteiger partial charge < -0.3 is 47.1 Å². The zero-order chi connectivity index (χ0) is 7.15. The summed E-state index contributed by atoms with van der Waals surface area (Å²) in [5.74, 6) is 0. The summed E-state index contributed by atoms with van der Waals surface area (Å²) in [4.78, 5) is 16.5. The number of rotatable bonds is 0. The van der Waals surface area contributed by atoms with Gasteiger partial charge in [-0.05, 0) is 0 Å². The zero-order valence-electron chi connectivity index (χ0n) is 5.34. The molecule has 0 rings (SSSR count). The average molecular weight is 357 g/mol. The van der Waals surface area contributed by atoms with E-state index in [1.807, 2.05) is 0 Å². The van der Waals surface area contributed by atoms with Gasteiger partial charge >= 0.3 is 0 Å². The van der Waals surface area contributed by atoms with Crippen LogP contribution >= 0.6 is 0 Å². The van der Waals surface area contributed by atoms with Gasteiger partial charge in [-0.3, -0.25) is 0 Å². The summed E-state index contributed by atoms with van der Waals surface area (Å²) in [7, 11) is 0. The van der Waals surface area contributed by atoms with Crippen LogP contribution in [0, 0.1) is 30.6 Å². The van der Waals surface area contributed by atoms with E-state index in [1.165, 1.54) is 0 Å². The molecule has 6 N–H and O–H groups in total. The Morgan fingerprint density at radius 1 is 0.667 bits per heavy atom. The fourth-order valence-electron chi connectivity index (χ4n) is 0. The van der Waals surface area contributed by atoms with Gasteiger partial charge in [0, 0.05) is 25.8 Å². The van der Waals surface area contributed by atoms with E-state index in [0.717, 1.165) is 0 Å². The number of hydrogen-bond acceptors (Lipinski definition) is 6. The fraction of sp³-hybridized carbons (Fsp3) is 0. The molecular weight excluding hydrogens is 350 g/mol. The predicted octanol–water partition coefficient (Wildman–Crippen LogP) is -2.95. The van der Waals surface area contributed by atoms with Crippen LogP contribution < -0.4 is 0 Å². The number of hydrogen-bond donors (Lipinski definition) is 0. The molecule has 0 saturated heterocycles. The maximum atomic E-state index is 8.25. The monoisotopic (exact) mass is 358 g/mol. The van der Waals surface area contributed by atoms with Crippen molar-refractivity contribution in [2.45, 2.75) is 0 Å². The molecule has 0 aromatic carbocycles. The van der Waals surface area contributed by atoms with Crippen LogP contribution in [0.2, 0.25) is 0 Å². The van der Waals surface area contributed by atoms with Crippen LogP contribution in [-0.2, 0) is 25.8 Å². The van der Waals surface area contributed by atoms with Crippen molar-refractivity contribution in [3.63, 3.8) is 0 Å². The van der Waals surface area contributed by atoms with Crippen molar-refractivity contribution in [1.82, 2.24) is 0 Å². The molecule has 0 heterocycles. The van der Waals surface area contributed by atoms with Crippen LogP contribution in [0.25, 0.3) is 0 Å². The van der Waals surface area contributed by atoms with Crippen LogP contribution in [0.5, 0.6) is 0 Å². The maximum Gasteiger partial charge on any atom is 0.0689 e. The molecule has 0 aliphatic carbocycles. The predicted molar refractivity (Wildman–Crippen MR) is 31.6 cm³/mol. The van der Waals surface area contributed by atoms with Crippen molar-refractivity contribution >= 4 is 0 Å². The quantitative estimate of drug-likeness (QED) is 0.250. The zero-order valence-corrected chi connectivity index (χ0v) is 8.94. The van der Waals surface area contributed by atoms with Crippen LogP contribution in [-0.4, -0.2) is 26.6 Å². The van der Waals surface area contributed by atoms with Crippen molar-refractivity contribution in [2.24, 2.45) is 0 Å². The normalized spacial score (nSPS) is 4.00. The largest absolute Gasteiger partial charge is 0.412 e. The topological polar surface area (TPSA) is 227 Å². The summed E-state index contributed by atoms with van der Waals surface area (Å²) < 4.78 is 0. The molecule has 0 amide bonds. The molecule has 0 atom stereocenters. The minimum Gasteiger partial charge on any atom is -0.412 e. The van der Waals surface area contributed by atoms with Gasteiger partial charge in [0.15, 0.2) is 0 Å². The summed E-state index contributed by atoms with van der Waals surface area (Å²) in [5.41, 5.74) is 0. The molecule has 0 aromatic heterocycles. The minimum atomic E-state index is -1.75. The first-order valence-corrected chi connectivity index (χ1v) is 1.10. The Kier molecular flexibility index (Phi) is 116. The van der Waals surface area contributed by atoms with Gasteiger partial charge in [-0.2, -0.15) is 0 Å². The van der Waals surface area contributed by atoms with E-state index in [9.17, 15) is 0 Å². The number of nitrogens with zero attached hydrogens (tertiary/aromatic N) is 2. The Labute approximate surface area is 83.5 Å². The van der Waals surface area contributed by atoms with Gasteiger partial charge in [-0.25, -0.2) is 0 Å². The molecule has 0 fully saturated rings. The van der Waals surface area contributed by atoms with E-state index in [2.05, 4.69) is 0 Å². The Bertz CT molecular complexity index is 70.5. The van der Waals surface area contributed by atoms with Crippen LogP contribution in [0.4, 0.5) is 0 Å². The molecule has 0 aromatic rings. The van der Waals surface area contributed by atoms with Crippen LogP contribution in [0.1, 0.15) is 0 Å². The standard InChI is InChI=1S/Hf.2NO3.3H2O/c;2*2-1(3)4;;;/h;;;3*1H2/q;2*-1;;;. The third-order valence-electron chi connectivity index (χ3n) is 0. The van der Waals surface area contributed by atoms with E-state index < -0.39 is 10.2 Å². The summed E-state index contributed by atoms with van der Waals surface area (Å²) in [6.07, 6.45) is 0. The molecule has 0 aliphatic heterocycles. The van der Waals surface area contributed by atoms with Gasteiger partial charge in [0.1, 0.15) is 0 Å². The third-order valence-corrected chi connectivity index (χ3v) is 0. The van der Waals surface area contributed by atoms with Crippen molar-refractivity contribution in [3.05, 3.63) is 30.6 Å². The molecule has 0 saturated carbocycles. The van der Waals surface area contributed by atoms with Gasteiger partial charge in [0.2, 0.25) is 0 Å². The maximum absolute atomic E-state index is 8.25. The van der Waals surface area contributed by atoms with E-state index in [4.69, 9.17) is 30.6 Å². The van der Waals surface area contributed by atoms with Crippen molar-refractivity contribution < 1.29 is 52.4 Å². The molecule has 0 bridgehead atoms. The first-order chi connectivity index (χ1) is 3.46. The molecule has 0 radical (unpaired) electrons. The summed E-state index contributed by atoms with van der Waals surface area (Å²) in [5, 5.41) is 29.5. The summed E-state index contributed by atoms with van der Waals surface area (Å²) >= 11 is 0. The second-order valence-electron chi connectivity index (χ2n) is 0.447. The molecule has 11 nitrogen and oxygen atoms in total. The second-order valence-corrected chi connectivity index (χ2v) is 0.447. The molecule has 0 aliphatic rings. The van der Waals surface area contributed by atoms with Crippen LogP contribution in [0.3, 0.4) is 0 Å². The molecular formula is H6HfN2O9-2. The smallest absolute Gasteiger partial charge is 0.0689 e. The van der Waals surface area contributed by atoms with Gasteiger partial charge in [-0.1, -0.05) is 0 Å². The third kappa shape index (κ3) is 841. The molecule has 76 valence electrons. The molecule has 12 heteroatoms. The Morgan fingerprint density at radius 3 is 0.667 bits per heavy atom. The molecule has 0 unspecified atom stereocenters. The van der Waals surface area contributed by atoms with Crippen molar-refractivity contribution in [3.8, 4) is 0 Å². The second kappa shape index (κ2) is 32.0. The van der Waals surface area contributed by atoms with Crippen molar-refractivity contribution in [1.29, 1.82) is 0 Å². The average Bonchev–Trinajstić information content (AvgIpc) is 1.25. The molecule has 0 spiro atoms. The molecule has 12 heavy (non-hydrogen) atoms. The fourth-order valence-corrected chi connectivity index (χ4v) is 0. The first-order valence-electron chi connectivity index (χ1n) is 1.10. The summed E-state index contributed by atoms with van der Waals surface area (Å²) in [6, 6.07) is 0. The Hall–Kier alpha value is -0.850. The van der Waals surface area contributed by atoms with Gasteiger partial charge in [-0.15, -0.1) is 0 Å². The SMILES string of the molecule is O.O.O.O=[N+]([O-])[O-].O=[N+]([O-])[O-].[Hf]. The Morgan fingerprint density at radius 2 is 0.667 bits per heavy atom. The van der Waals surface area contributed by atoms with Gasteiger partial charge in [0.25, 0.3) is 0 Å². The van der Waals surface area contributed by atoms with E-state index in [0.29, 0.717) is 0 Å². The van der Waals surface area contributed by atoms with E-state index in [-0.39, 0.29) is 42.3 Å². The van der Waals surface area contributed by atoms with Gasteiger partial charge in [0.05, 0.1) is 10.2 Å². The minimum absolute atomic E-state index is 0. The van der Waals surface area contributed by atoms with Crippen LogP contribution in [0.15, 0.2) is 0 Å².